The molecule has 0 radical (unpaired) electrons. The van der Waals surface area contributed by atoms with E-state index in [0.29, 0.717) is 5.69 Å². The molecule has 1 atom stereocenters. The Hall–Kier alpha value is -3.80. The van der Waals surface area contributed by atoms with Crippen LogP contribution in [0.1, 0.15) is 5.56 Å². The second kappa shape index (κ2) is 7.44. The van der Waals surface area contributed by atoms with Crippen LogP contribution in [-0.2, 0) is 11.2 Å². The molecule has 0 saturated heterocycles. The molecule has 6 heteroatoms. The number of rotatable bonds is 5. The number of carboxylic acids is 1. The Labute approximate surface area is 161 Å². The van der Waals surface area contributed by atoms with Crippen LogP contribution in [0.25, 0.3) is 21.7 Å². The first-order valence-electron chi connectivity index (χ1n) is 8.94. The number of para-hydroxylation sites is 1. The maximum absolute atomic E-state index is 12.4. The highest BCUT2D eigenvalue weighted by molar-refractivity contribution is 5.95. The van der Waals surface area contributed by atoms with Gasteiger partial charge in [0.05, 0.1) is 0 Å². The van der Waals surface area contributed by atoms with Crippen LogP contribution in [0.15, 0.2) is 72.9 Å². The van der Waals surface area contributed by atoms with Crippen molar-refractivity contribution in [2.24, 2.45) is 0 Å². The SMILES string of the molecule is O=C(Nc1ccc2ccccc2c1)NC(Cc1c[nH]c2ccccc12)C(=O)O. The number of carbonyl (C=O) groups excluding carboxylic acids is 1. The van der Waals surface area contributed by atoms with Crippen molar-refractivity contribution in [1.82, 2.24) is 10.3 Å². The molecule has 2 amide bonds. The van der Waals surface area contributed by atoms with Gasteiger partial charge >= 0.3 is 12.0 Å². The summed E-state index contributed by atoms with van der Waals surface area (Å²) < 4.78 is 0. The molecule has 3 aromatic carbocycles. The van der Waals surface area contributed by atoms with E-state index in [0.717, 1.165) is 27.2 Å². The van der Waals surface area contributed by atoms with Gasteiger partial charge in [-0.2, -0.15) is 0 Å². The van der Waals surface area contributed by atoms with Gasteiger partial charge in [-0.05, 0) is 34.5 Å². The van der Waals surface area contributed by atoms with Gasteiger partial charge in [0.2, 0.25) is 0 Å². The molecule has 4 aromatic rings. The zero-order valence-corrected chi connectivity index (χ0v) is 15.0. The van der Waals surface area contributed by atoms with Crippen LogP contribution in [0, 0.1) is 0 Å². The summed E-state index contributed by atoms with van der Waals surface area (Å²) in [6, 6.07) is 19.4. The maximum atomic E-state index is 12.4. The second-order valence-electron chi connectivity index (χ2n) is 6.61. The number of hydrogen-bond acceptors (Lipinski definition) is 2. The summed E-state index contributed by atoms with van der Waals surface area (Å²) in [4.78, 5) is 27.2. The van der Waals surface area contributed by atoms with Gasteiger partial charge in [-0.1, -0.05) is 48.5 Å². The minimum atomic E-state index is -1.08. The minimum absolute atomic E-state index is 0.185. The highest BCUT2D eigenvalue weighted by Crippen LogP contribution is 2.20. The summed E-state index contributed by atoms with van der Waals surface area (Å²) in [5, 5.41) is 17.8. The van der Waals surface area contributed by atoms with E-state index >= 15 is 0 Å². The lowest BCUT2D eigenvalue weighted by Gasteiger charge is -2.15. The van der Waals surface area contributed by atoms with Gasteiger partial charge in [-0.25, -0.2) is 9.59 Å². The van der Waals surface area contributed by atoms with Crippen LogP contribution in [0.3, 0.4) is 0 Å². The average Bonchev–Trinajstić information content (AvgIpc) is 3.10. The summed E-state index contributed by atoms with van der Waals surface area (Å²) in [5.74, 6) is -1.08. The van der Waals surface area contributed by atoms with Gasteiger partial charge in [0.15, 0.2) is 0 Å². The minimum Gasteiger partial charge on any atom is -0.480 e. The Bertz CT molecular complexity index is 1170. The van der Waals surface area contributed by atoms with Crippen LogP contribution >= 0.6 is 0 Å². The van der Waals surface area contributed by atoms with Crippen LogP contribution in [-0.4, -0.2) is 28.1 Å². The Morgan fingerprint density at radius 1 is 0.964 bits per heavy atom. The van der Waals surface area contributed by atoms with Crippen LogP contribution in [0.5, 0.6) is 0 Å². The number of anilines is 1. The molecule has 4 N–H and O–H groups in total. The lowest BCUT2D eigenvalue weighted by molar-refractivity contribution is -0.139. The van der Waals surface area contributed by atoms with Crippen molar-refractivity contribution in [2.45, 2.75) is 12.5 Å². The predicted molar refractivity (Wildman–Crippen MR) is 110 cm³/mol. The molecular formula is C22H19N3O3. The summed E-state index contributed by atoms with van der Waals surface area (Å²) in [7, 11) is 0. The number of urea groups is 1. The number of H-pyrrole nitrogens is 1. The number of aromatic amines is 1. The number of benzene rings is 3. The quantitative estimate of drug-likeness (QED) is 0.423. The number of carboxylic acid groups (broad SMARTS) is 1. The number of fused-ring (bicyclic) bond motifs is 2. The van der Waals surface area contributed by atoms with Crippen LogP contribution in [0.4, 0.5) is 10.5 Å². The fraction of sp³-hybridized carbons (Fsp3) is 0.0909. The molecule has 140 valence electrons. The third-order valence-corrected chi connectivity index (χ3v) is 4.71. The predicted octanol–water partition coefficient (Wildman–Crippen LogP) is 4.14. The molecule has 1 unspecified atom stereocenters. The van der Waals surface area contributed by atoms with Crippen molar-refractivity contribution in [1.29, 1.82) is 0 Å². The lowest BCUT2D eigenvalue weighted by Crippen LogP contribution is -2.44. The fourth-order valence-electron chi connectivity index (χ4n) is 3.31. The Balaban J connectivity index is 1.47. The molecule has 1 heterocycles. The molecule has 0 fully saturated rings. The maximum Gasteiger partial charge on any atom is 0.326 e. The molecule has 1 aromatic heterocycles. The van der Waals surface area contributed by atoms with E-state index in [-0.39, 0.29) is 6.42 Å². The van der Waals surface area contributed by atoms with E-state index in [9.17, 15) is 14.7 Å². The highest BCUT2D eigenvalue weighted by Gasteiger charge is 2.22. The number of carbonyl (C=O) groups is 2. The lowest BCUT2D eigenvalue weighted by atomic mass is 10.1. The highest BCUT2D eigenvalue weighted by atomic mass is 16.4. The standard InChI is InChI=1S/C22H19N3O3/c26-21(27)20(12-16-13-23-19-8-4-3-7-18(16)19)25-22(28)24-17-10-9-14-5-1-2-6-15(14)11-17/h1-11,13,20,23H,12H2,(H,26,27)(H2,24,25,28). The van der Waals surface area contributed by atoms with Crippen molar-refractivity contribution in [2.75, 3.05) is 5.32 Å². The molecule has 0 aliphatic carbocycles. The molecular weight excluding hydrogens is 354 g/mol. The Morgan fingerprint density at radius 3 is 2.54 bits per heavy atom. The smallest absolute Gasteiger partial charge is 0.326 e. The Kier molecular flexibility index (Phi) is 4.68. The monoisotopic (exact) mass is 373 g/mol. The summed E-state index contributed by atoms with van der Waals surface area (Å²) in [6.07, 6.45) is 1.97. The zero-order valence-electron chi connectivity index (χ0n) is 15.0. The van der Waals surface area contributed by atoms with Crippen molar-refractivity contribution in [3.8, 4) is 0 Å². The van der Waals surface area contributed by atoms with E-state index in [4.69, 9.17) is 0 Å². The van der Waals surface area contributed by atoms with Crippen molar-refractivity contribution < 1.29 is 14.7 Å². The first kappa shape index (κ1) is 17.6. The zero-order chi connectivity index (χ0) is 19.5. The van der Waals surface area contributed by atoms with Crippen molar-refractivity contribution in [3.05, 3.63) is 78.5 Å². The summed E-state index contributed by atoms with van der Waals surface area (Å²) >= 11 is 0. The number of nitrogens with one attached hydrogen (secondary N) is 3. The van der Waals surface area contributed by atoms with E-state index < -0.39 is 18.0 Å². The molecule has 28 heavy (non-hydrogen) atoms. The second-order valence-corrected chi connectivity index (χ2v) is 6.61. The molecule has 0 saturated carbocycles. The summed E-state index contributed by atoms with van der Waals surface area (Å²) in [6.45, 7) is 0. The van der Waals surface area contributed by atoms with Gasteiger partial charge < -0.3 is 20.7 Å². The number of amides is 2. The van der Waals surface area contributed by atoms with Crippen LogP contribution in [0.2, 0.25) is 0 Å². The van der Waals surface area contributed by atoms with Crippen molar-refractivity contribution >= 4 is 39.4 Å². The van der Waals surface area contributed by atoms with Gasteiger partial charge in [-0.3, -0.25) is 0 Å². The van der Waals surface area contributed by atoms with E-state index in [1.807, 2.05) is 60.7 Å². The first-order valence-corrected chi connectivity index (χ1v) is 8.94. The van der Waals surface area contributed by atoms with Gasteiger partial charge in [0, 0.05) is 29.2 Å². The molecule has 0 spiro atoms. The van der Waals surface area contributed by atoms with Crippen LogP contribution < -0.4 is 10.6 Å². The van der Waals surface area contributed by atoms with Gasteiger partial charge in [0.1, 0.15) is 6.04 Å². The summed E-state index contributed by atoms with van der Waals surface area (Å²) in [5.41, 5.74) is 2.38. The van der Waals surface area contributed by atoms with E-state index in [1.54, 1.807) is 12.3 Å². The average molecular weight is 373 g/mol. The normalized spacial score (nSPS) is 12.0. The first-order chi connectivity index (χ1) is 13.6. The van der Waals surface area contributed by atoms with Crippen molar-refractivity contribution in [3.63, 3.8) is 0 Å². The third-order valence-electron chi connectivity index (χ3n) is 4.71. The fourth-order valence-corrected chi connectivity index (χ4v) is 3.31. The van der Waals surface area contributed by atoms with Gasteiger partial charge in [-0.15, -0.1) is 0 Å². The topological polar surface area (TPSA) is 94.2 Å². The Morgan fingerprint density at radius 2 is 1.71 bits per heavy atom. The molecule has 0 bridgehead atoms. The van der Waals surface area contributed by atoms with E-state index in [2.05, 4.69) is 15.6 Å². The molecule has 0 aliphatic rings. The van der Waals surface area contributed by atoms with Gasteiger partial charge in [0.25, 0.3) is 0 Å². The number of aliphatic carboxylic acids is 1. The number of hydrogen-bond donors (Lipinski definition) is 4. The van der Waals surface area contributed by atoms with E-state index in [1.165, 1.54) is 0 Å². The molecule has 6 nitrogen and oxygen atoms in total. The molecule has 4 rings (SSSR count). The largest absolute Gasteiger partial charge is 0.480 e. The third kappa shape index (κ3) is 3.66. The number of aromatic nitrogens is 1. The molecule has 0 aliphatic heterocycles.